The Morgan fingerprint density at radius 1 is 1.02 bits per heavy atom. The number of nitrogens with one attached hydrogen (secondary N) is 3. The zero-order chi connectivity index (χ0) is 31.4. The monoisotopic (exact) mass is 606 g/mol. The summed E-state index contributed by atoms with van der Waals surface area (Å²) in [7, 11) is 0. The molecule has 4 heterocycles. The van der Waals surface area contributed by atoms with Crippen molar-refractivity contribution in [3.8, 4) is 17.0 Å². The van der Waals surface area contributed by atoms with Gasteiger partial charge in [0.1, 0.15) is 5.75 Å². The molecule has 0 radical (unpaired) electrons. The van der Waals surface area contributed by atoms with Gasteiger partial charge in [-0.1, -0.05) is 51.5 Å². The SMILES string of the molecule is CC(C)(C)c1ccc(Cn2cc(C(=O)Nc3c[nH]c(=O)c(-c4cc5cc(OCCCN6CCCCC6)ccc5[nH]4)c3)cn2)cc1. The Hall–Kier alpha value is -4.63. The highest BCUT2D eigenvalue weighted by atomic mass is 16.5. The molecule has 0 spiro atoms. The fraction of sp³-hybridized carbons (Fsp3) is 0.361. The maximum Gasteiger partial charge on any atom is 0.258 e. The van der Waals surface area contributed by atoms with Gasteiger partial charge in [-0.25, -0.2) is 0 Å². The minimum atomic E-state index is -0.305. The number of rotatable bonds is 10. The van der Waals surface area contributed by atoms with E-state index in [0.717, 1.165) is 35.2 Å². The Bertz CT molecular complexity index is 1820. The van der Waals surface area contributed by atoms with Gasteiger partial charge in [0.05, 0.1) is 41.9 Å². The van der Waals surface area contributed by atoms with Gasteiger partial charge in [-0.3, -0.25) is 14.3 Å². The van der Waals surface area contributed by atoms with Crippen LogP contribution in [-0.2, 0) is 12.0 Å². The van der Waals surface area contributed by atoms with Crippen LogP contribution in [0.3, 0.4) is 0 Å². The lowest BCUT2D eigenvalue weighted by atomic mass is 9.87. The van der Waals surface area contributed by atoms with E-state index >= 15 is 0 Å². The summed E-state index contributed by atoms with van der Waals surface area (Å²) >= 11 is 0. The first kappa shape index (κ1) is 30.4. The lowest BCUT2D eigenvalue weighted by molar-refractivity contribution is 0.102. The van der Waals surface area contributed by atoms with Gasteiger partial charge in [0.2, 0.25) is 0 Å². The first-order valence-electron chi connectivity index (χ1n) is 15.9. The molecule has 3 aromatic heterocycles. The molecule has 45 heavy (non-hydrogen) atoms. The molecule has 1 amide bonds. The van der Waals surface area contributed by atoms with Crippen LogP contribution in [0.25, 0.3) is 22.2 Å². The van der Waals surface area contributed by atoms with Crippen LogP contribution in [0.4, 0.5) is 5.69 Å². The molecule has 5 aromatic rings. The molecule has 9 heteroatoms. The average molecular weight is 607 g/mol. The van der Waals surface area contributed by atoms with E-state index in [1.807, 2.05) is 24.3 Å². The number of aromatic amines is 2. The number of hydrogen-bond donors (Lipinski definition) is 3. The molecular weight excluding hydrogens is 564 g/mol. The molecule has 0 bridgehead atoms. The predicted octanol–water partition coefficient (Wildman–Crippen LogP) is 6.57. The Morgan fingerprint density at radius 3 is 2.60 bits per heavy atom. The highest BCUT2D eigenvalue weighted by Crippen LogP contribution is 2.27. The molecule has 1 saturated heterocycles. The Balaban J connectivity index is 1.08. The molecule has 6 rings (SSSR count). The lowest BCUT2D eigenvalue weighted by Gasteiger charge is -2.26. The van der Waals surface area contributed by atoms with Crippen LogP contribution in [0.1, 0.15) is 67.9 Å². The quantitative estimate of drug-likeness (QED) is 0.156. The number of pyridine rings is 1. The second-order valence-electron chi connectivity index (χ2n) is 13.0. The van der Waals surface area contributed by atoms with Gasteiger partial charge in [-0.15, -0.1) is 0 Å². The second-order valence-corrected chi connectivity index (χ2v) is 13.0. The largest absolute Gasteiger partial charge is 0.494 e. The summed E-state index contributed by atoms with van der Waals surface area (Å²) in [5.74, 6) is 0.505. The van der Waals surface area contributed by atoms with Crippen LogP contribution in [-0.4, -0.2) is 56.8 Å². The number of carbonyl (C=O) groups is 1. The predicted molar refractivity (Wildman–Crippen MR) is 179 cm³/mol. The molecule has 0 aliphatic carbocycles. The topological polar surface area (TPSA) is 108 Å². The maximum atomic E-state index is 13.1. The van der Waals surface area contributed by atoms with Crippen molar-refractivity contribution in [2.24, 2.45) is 0 Å². The van der Waals surface area contributed by atoms with Gasteiger partial charge < -0.3 is 24.9 Å². The Labute approximate surface area is 263 Å². The molecular formula is C36H42N6O3. The van der Waals surface area contributed by atoms with Crippen molar-refractivity contribution in [3.05, 3.63) is 100 Å². The Morgan fingerprint density at radius 2 is 1.82 bits per heavy atom. The second kappa shape index (κ2) is 13.2. The molecule has 1 aliphatic heterocycles. The molecule has 0 unspecified atom stereocenters. The number of hydrogen-bond acceptors (Lipinski definition) is 5. The van der Waals surface area contributed by atoms with Gasteiger partial charge in [-0.2, -0.15) is 5.10 Å². The van der Waals surface area contributed by atoms with E-state index < -0.39 is 0 Å². The van der Waals surface area contributed by atoms with Crippen LogP contribution in [0.5, 0.6) is 5.75 Å². The molecule has 3 N–H and O–H groups in total. The number of piperidine rings is 1. The number of likely N-dealkylation sites (tertiary alicyclic amines) is 1. The number of anilines is 1. The van der Waals surface area contributed by atoms with Crippen molar-refractivity contribution in [2.75, 3.05) is 31.6 Å². The van der Waals surface area contributed by atoms with E-state index in [2.05, 4.69) is 70.3 Å². The van der Waals surface area contributed by atoms with Crippen LogP contribution in [0.2, 0.25) is 0 Å². The zero-order valence-corrected chi connectivity index (χ0v) is 26.4. The van der Waals surface area contributed by atoms with E-state index in [4.69, 9.17) is 4.74 Å². The van der Waals surface area contributed by atoms with E-state index in [1.54, 1.807) is 23.1 Å². The fourth-order valence-corrected chi connectivity index (χ4v) is 5.83. The van der Waals surface area contributed by atoms with Gasteiger partial charge in [0.25, 0.3) is 11.5 Å². The van der Waals surface area contributed by atoms with Gasteiger partial charge in [-0.05, 0) is 79.2 Å². The molecule has 1 fully saturated rings. The first-order valence-corrected chi connectivity index (χ1v) is 15.9. The smallest absolute Gasteiger partial charge is 0.258 e. The van der Waals surface area contributed by atoms with E-state index in [9.17, 15) is 9.59 Å². The van der Waals surface area contributed by atoms with Gasteiger partial charge in [0.15, 0.2) is 0 Å². The molecule has 0 atom stereocenters. The average Bonchev–Trinajstić information content (AvgIpc) is 3.68. The number of aromatic nitrogens is 4. The van der Waals surface area contributed by atoms with E-state index in [1.165, 1.54) is 44.1 Å². The van der Waals surface area contributed by atoms with Crippen molar-refractivity contribution in [3.63, 3.8) is 0 Å². The summed E-state index contributed by atoms with van der Waals surface area (Å²) in [6.07, 6.45) is 9.72. The lowest BCUT2D eigenvalue weighted by Crippen LogP contribution is -2.31. The molecule has 0 saturated carbocycles. The van der Waals surface area contributed by atoms with Crippen LogP contribution in [0, 0.1) is 0 Å². The third-order valence-electron chi connectivity index (χ3n) is 8.44. The van der Waals surface area contributed by atoms with Gasteiger partial charge in [0, 0.05) is 29.8 Å². The minimum absolute atomic E-state index is 0.0932. The fourth-order valence-electron chi connectivity index (χ4n) is 5.83. The molecule has 9 nitrogen and oxygen atoms in total. The molecule has 2 aromatic carbocycles. The summed E-state index contributed by atoms with van der Waals surface area (Å²) in [5, 5.41) is 8.23. The number of fused-ring (bicyclic) bond motifs is 1. The number of carbonyl (C=O) groups excluding carboxylic acids is 1. The molecule has 1 aliphatic rings. The number of benzene rings is 2. The van der Waals surface area contributed by atoms with E-state index in [-0.39, 0.29) is 16.9 Å². The van der Waals surface area contributed by atoms with Crippen molar-refractivity contribution < 1.29 is 9.53 Å². The number of nitrogens with zero attached hydrogens (tertiary/aromatic N) is 3. The van der Waals surface area contributed by atoms with Crippen molar-refractivity contribution >= 4 is 22.5 Å². The summed E-state index contributed by atoms with van der Waals surface area (Å²) in [6, 6.07) is 18.0. The van der Waals surface area contributed by atoms with Gasteiger partial charge >= 0.3 is 0 Å². The number of amides is 1. The Kier molecular flexibility index (Phi) is 8.89. The first-order chi connectivity index (χ1) is 21.7. The van der Waals surface area contributed by atoms with Crippen LogP contribution < -0.4 is 15.6 Å². The highest BCUT2D eigenvalue weighted by molar-refractivity contribution is 6.04. The van der Waals surface area contributed by atoms with Crippen molar-refractivity contribution in [1.29, 1.82) is 0 Å². The highest BCUT2D eigenvalue weighted by Gasteiger charge is 2.15. The number of H-pyrrole nitrogens is 2. The van der Waals surface area contributed by atoms with E-state index in [0.29, 0.717) is 35.7 Å². The van der Waals surface area contributed by atoms with Crippen molar-refractivity contribution in [1.82, 2.24) is 24.6 Å². The standard InChI is InChI=1S/C36H42N6O3/c1-36(2,3)28-10-8-25(9-11-28)23-42-24-27(21-38-42)34(43)39-29-20-31(35(44)37-22-29)33-19-26-18-30(12-13-32(26)40-33)45-17-7-16-41-14-5-4-6-15-41/h8-13,18-22,24,40H,4-7,14-17,23H2,1-3H3,(H,37,44)(H,39,43). The van der Waals surface area contributed by atoms with Crippen LogP contribution in [0.15, 0.2) is 78.0 Å². The normalized spacial score (nSPS) is 14.1. The zero-order valence-electron chi connectivity index (χ0n) is 26.4. The minimum Gasteiger partial charge on any atom is -0.494 e. The number of ether oxygens (including phenoxy) is 1. The maximum absolute atomic E-state index is 13.1. The third-order valence-corrected chi connectivity index (χ3v) is 8.44. The summed E-state index contributed by atoms with van der Waals surface area (Å²) in [6.45, 7) is 11.3. The molecule has 234 valence electrons. The van der Waals surface area contributed by atoms with Crippen LogP contribution >= 0.6 is 0 Å². The summed E-state index contributed by atoms with van der Waals surface area (Å²) < 4.78 is 7.78. The van der Waals surface area contributed by atoms with Crippen molar-refractivity contribution in [2.45, 2.75) is 58.4 Å². The summed E-state index contributed by atoms with van der Waals surface area (Å²) in [4.78, 5) is 34.5. The summed E-state index contributed by atoms with van der Waals surface area (Å²) in [5.41, 5.74) is 5.13. The third kappa shape index (κ3) is 7.54.